The Balaban J connectivity index is 0.000000221. The van der Waals surface area contributed by atoms with Gasteiger partial charge in [-0.15, -0.1) is 11.3 Å². The fraction of sp³-hybridized carbons (Fsp3) is 0.421. The van der Waals surface area contributed by atoms with Crippen LogP contribution in [0.3, 0.4) is 0 Å². The molecule has 1 aliphatic carbocycles. The quantitative estimate of drug-likeness (QED) is 0.451. The summed E-state index contributed by atoms with van der Waals surface area (Å²) in [6.07, 6.45) is 5.10. The number of anilines is 1. The van der Waals surface area contributed by atoms with Gasteiger partial charge in [0, 0.05) is 5.41 Å². The number of aliphatic hydroxyl groups is 2. The van der Waals surface area contributed by atoms with E-state index in [2.05, 4.69) is 21.0 Å². The molecular weight excluding hydrogens is 380 g/mol. The van der Waals surface area contributed by atoms with Crippen LogP contribution in [0.2, 0.25) is 0 Å². The molecule has 0 saturated heterocycles. The van der Waals surface area contributed by atoms with E-state index < -0.39 is 0 Å². The number of fused-ring (bicyclic) bond motifs is 1. The van der Waals surface area contributed by atoms with Crippen molar-refractivity contribution in [2.45, 2.75) is 31.3 Å². The first-order valence-electron chi connectivity index (χ1n) is 8.77. The van der Waals surface area contributed by atoms with Crippen molar-refractivity contribution >= 4 is 39.1 Å². The van der Waals surface area contributed by atoms with E-state index >= 15 is 0 Å². The van der Waals surface area contributed by atoms with E-state index in [4.69, 9.17) is 15.9 Å². The molecule has 1 aromatic carbocycles. The third-order valence-electron chi connectivity index (χ3n) is 4.87. The van der Waals surface area contributed by atoms with Gasteiger partial charge in [-0.25, -0.2) is 15.0 Å². The first-order chi connectivity index (χ1) is 13.0. The summed E-state index contributed by atoms with van der Waals surface area (Å²) >= 11 is 3.10. The van der Waals surface area contributed by atoms with Crippen LogP contribution in [-0.2, 0) is 0 Å². The maximum Gasteiger partial charge on any atom is 0.189 e. The Labute approximate surface area is 166 Å². The zero-order chi connectivity index (χ0) is 19.4. The molecule has 2 aromatic heterocycles. The highest BCUT2D eigenvalue weighted by molar-refractivity contribution is 7.98. The van der Waals surface area contributed by atoms with E-state index in [0.717, 1.165) is 39.3 Å². The lowest BCUT2D eigenvalue weighted by atomic mass is 9.70. The second-order valence-corrected chi connectivity index (χ2v) is 8.52. The fourth-order valence-electron chi connectivity index (χ4n) is 2.95. The molecule has 0 atom stereocenters. The summed E-state index contributed by atoms with van der Waals surface area (Å²) in [4.78, 5) is 13.3. The van der Waals surface area contributed by atoms with Gasteiger partial charge in [0.1, 0.15) is 10.8 Å². The minimum absolute atomic E-state index is 0.0833. The molecule has 0 spiro atoms. The van der Waals surface area contributed by atoms with Gasteiger partial charge in [0.25, 0.3) is 0 Å². The monoisotopic (exact) mass is 404 g/mol. The van der Waals surface area contributed by atoms with Crippen molar-refractivity contribution in [2.24, 2.45) is 5.41 Å². The number of hydrogen-bond acceptors (Lipinski definition) is 8. The van der Waals surface area contributed by atoms with E-state index in [1.807, 2.05) is 31.4 Å². The normalized spacial score (nSPS) is 15.1. The van der Waals surface area contributed by atoms with E-state index in [1.165, 1.54) is 18.2 Å². The summed E-state index contributed by atoms with van der Waals surface area (Å²) in [7, 11) is 0. The lowest BCUT2D eigenvalue weighted by Crippen LogP contribution is -2.36. The molecule has 1 saturated carbocycles. The van der Waals surface area contributed by atoms with Gasteiger partial charge in [-0.2, -0.15) is 0 Å². The SMILES string of the molecule is CSc1nc(C)c(-c2nc3ccccc3s2)c(N)n1.OCC1(CO)CCC1. The second kappa shape index (κ2) is 8.52. The van der Waals surface area contributed by atoms with Crippen LogP contribution in [0, 0.1) is 12.3 Å². The Morgan fingerprint density at radius 3 is 2.33 bits per heavy atom. The smallest absolute Gasteiger partial charge is 0.189 e. The zero-order valence-electron chi connectivity index (χ0n) is 15.5. The maximum atomic E-state index is 8.68. The van der Waals surface area contributed by atoms with Crippen LogP contribution in [0.15, 0.2) is 29.4 Å². The standard InChI is InChI=1S/C13H12N4S2.C6H12O2/c1-7-10(11(14)17-13(15-7)18-2)12-16-8-5-3-4-6-9(8)19-12;7-4-6(5-8)2-1-3-6/h3-6H,1-2H3,(H2,14,15,17);7-8H,1-5H2. The lowest BCUT2D eigenvalue weighted by Gasteiger charge is -2.38. The van der Waals surface area contributed by atoms with Crippen molar-refractivity contribution < 1.29 is 10.2 Å². The summed E-state index contributed by atoms with van der Waals surface area (Å²) in [6.45, 7) is 2.26. The number of aliphatic hydroxyl groups excluding tert-OH is 2. The van der Waals surface area contributed by atoms with Crippen LogP contribution in [0.5, 0.6) is 0 Å². The molecule has 1 aliphatic rings. The number of nitrogens with two attached hydrogens (primary N) is 1. The summed E-state index contributed by atoms with van der Waals surface area (Å²) in [5.74, 6) is 0.496. The third-order valence-corrected chi connectivity index (χ3v) is 6.47. The van der Waals surface area contributed by atoms with Gasteiger partial charge in [0.15, 0.2) is 5.16 Å². The molecule has 3 aromatic rings. The molecule has 0 aliphatic heterocycles. The van der Waals surface area contributed by atoms with Gasteiger partial charge in [-0.05, 0) is 38.2 Å². The third kappa shape index (κ3) is 4.24. The summed E-state index contributed by atoms with van der Waals surface area (Å²) < 4.78 is 1.14. The van der Waals surface area contributed by atoms with Crippen LogP contribution in [0.25, 0.3) is 20.8 Å². The molecule has 0 bridgehead atoms. The minimum Gasteiger partial charge on any atom is -0.396 e. The van der Waals surface area contributed by atoms with Crippen molar-refractivity contribution in [3.8, 4) is 10.6 Å². The molecule has 4 rings (SSSR count). The topological polar surface area (TPSA) is 105 Å². The molecule has 0 radical (unpaired) electrons. The molecule has 2 heterocycles. The minimum atomic E-state index is -0.0833. The highest BCUT2D eigenvalue weighted by Crippen LogP contribution is 2.39. The number of hydrogen-bond donors (Lipinski definition) is 3. The van der Waals surface area contributed by atoms with Crippen LogP contribution in [-0.4, -0.2) is 44.6 Å². The molecule has 0 unspecified atom stereocenters. The first kappa shape index (κ1) is 20.0. The molecule has 1 fully saturated rings. The Bertz CT molecular complexity index is 855. The highest BCUT2D eigenvalue weighted by Gasteiger charge is 2.35. The van der Waals surface area contributed by atoms with Crippen LogP contribution in [0.4, 0.5) is 5.82 Å². The Morgan fingerprint density at radius 1 is 1.15 bits per heavy atom. The predicted octanol–water partition coefficient (Wildman–Crippen LogP) is 3.51. The summed E-state index contributed by atoms with van der Waals surface area (Å²) in [6, 6.07) is 8.04. The van der Waals surface area contributed by atoms with Gasteiger partial charge in [0.2, 0.25) is 0 Å². The van der Waals surface area contributed by atoms with E-state index in [0.29, 0.717) is 11.0 Å². The number of para-hydroxylation sites is 1. The number of aryl methyl sites for hydroxylation is 1. The van der Waals surface area contributed by atoms with Gasteiger partial charge in [0.05, 0.1) is 34.7 Å². The predicted molar refractivity (Wildman–Crippen MR) is 112 cm³/mol. The highest BCUT2D eigenvalue weighted by atomic mass is 32.2. The fourth-order valence-corrected chi connectivity index (χ4v) is 4.44. The second-order valence-electron chi connectivity index (χ2n) is 6.71. The van der Waals surface area contributed by atoms with Crippen molar-refractivity contribution in [1.29, 1.82) is 0 Å². The number of rotatable bonds is 4. The molecule has 144 valence electrons. The summed E-state index contributed by atoms with van der Waals surface area (Å²) in [5, 5.41) is 18.9. The van der Waals surface area contributed by atoms with Crippen LogP contribution < -0.4 is 5.73 Å². The molecule has 6 nitrogen and oxygen atoms in total. The van der Waals surface area contributed by atoms with Crippen molar-refractivity contribution in [3.05, 3.63) is 30.0 Å². The first-order valence-corrected chi connectivity index (χ1v) is 10.8. The number of thioether (sulfide) groups is 1. The average Bonchev–Trinajstić information content (AvgIpc) is 3.05. The lowest BCUT2D eigenvalue weighted by molar-refractivity contribution is -0.00908. The Morgan fingerprint density at radius 2 is 1.85 bits per heavy atom. The number of thiazole rings is 1. The molecule has 27 heavy (non-hydrogen) atoms. The van der Waals surface area contributed by atoms with E-state index in [9.17, 15) is 0 Å². The van der Waals surface area contributed by atoms with Crippen molar-refractivity contribution in [1.82, 2.24) is 15.0 Å². The number of aromatic nitrogens is 3. The van der Waals surface area contributed by atoms with Crippen LogP contribution in [0.1, 0.15) is 25.0 Å². The Kier molecular flexibility index (Phi) is 6.31. The summed E-state index contributed by atoms with van der Waals surface area (Å²) in [5.41, 5.74) is 8.67. The molecule has 8 heteroatoms. The van der Waals surface area contributed by atoms with Gasteiger partial charge in [-0.1, -0.05) is 30.3 Å². The largest absolute Gasteiger partial charge is 0.396 e. The van der Waals surface area contributed by atoms with Crippen molar-refractivity contribution in [3.63, 3.8) is 0 Å². The van der Waals surface area contributed by atoms with E-state index in [1.54, 1.807) is 11.3 Å². The molecule has 0 amide bonds. The maximum absolute atomic E-state index is 8.68. The molecule has 4 N–H and O–H groups in total. The van der Waals surface area contributed by atoms with Gasteiger partial charge >= 0.3 is 0 Å². The van der Waals surface area contributed by atoms with Gasteiger partial charge in [-0.3, -0.25) is 0 Å². The number of nitrogen functional groups attached to an aromatic ring is 1. The van der Waals surface area contributed by atoms with Crippen LogP contribution >= 0.6 is 23.1 Å². The zero-order valence-corrected chi connectivity index (χ0v) is 17.1. The number of nitrogens with zero attached hydrogens (tertiary/aromatic N) is 3. The van der Waals surface area contributed by atoms with Gasteiger partial charge < -0.3 is 15.9 Å². The number of benzene rings is 1. The molecular formula is C19H24N4O2S2. The average molecular weight is 405 g/mol. The van der Waals surface area contributed by atoms with Crippen molar-refractivity contribution in [2.75, 3.05) is 25.2 Å². The van der Waals surface area contributed by atoms with E-state index in [-0.39, 0.29) is 18.6 Å². The Hall–Kier alpha value is -1.74.